The van der Waals surface area contributed by atoms with E-state index in [4.69, 9.17) is 15.0 Å². The number of aromatic nitrogens is 4. The first-order valence-corrected chi connectivity index (χ1v) is 15.1. The van der Waals surface area contributed by atoms with E-state index >= 15 is 0 Å². The lowest BCUT2D eigenvalue weighted by molar-refractivity contribution is 1.08. The SMILES string of the molecule is c1ccc(-c2nc(-c3cccc4ccccc34)nc(-c3cccc4ccc5c6ccccc6n(-c6ccccc6)c5c34)n2)cc1. The fourth-order valence-corrected chi connectivity index (χ4v) is 6.61. The van der Waals surface area contributed by atoms with Crippen LogP contribution in [0.2, 0.25) is 0 Å². The third-order valence-corrected chi connectivity index (χ3v) is 8.63. The first-order chi connectivity index (χ1) is 22.3. The van der Waals surface area contributed by atoms with Gasteiger partial charge in [0.05, 0.1) is 11.0 Å². The monoisotopic (exact) mass is 574 g/mol. The Bertz CT molecular complexity index is 2530. The fraction of sp³-hybridized carbons (Fsp3) is 0. The summed E-state index contributed by atoms with van der Waals surface area (Å²) in [5.74, 6) is 1.95. The van der Waals surface area contributed by atoms with E-state index in [-0.39, 0.29) is 0 Å². The molecule has 0 spiro atoms. The average Bonchev–Trinajstić information content (AvgIpc) is 3.46. The summed E-state index contributed by atoms with van der Waals surface area (Å²) < 4.78 is 2.38. The molecule has 0 unspecified atom stereocenters. The molecular formula is C41H26N4. The van der Waals surface area contributed by atoms with Crippen molar-refractivity contribution in [2.45, 2.75) is 0 Å². The summed E-state index contributed by atoms with van der Waals surface area (Å²) in [4.78, 5) is 15.5. The Balaban J connectivity index is 1.41. The molecule has 2 heterocycles. The van der Waals surface area contributed by atoms with Crippen LogP contribution in [0, 0.1) is 0 Å². The van der Waals surface area contributed by atoms with Crippen molar-refractivity contribution in [3.05, 3.63) is 158 Å². The number of hydrogen-bond donors (Lipinski definition) is 0. The highest BCUT2D eigenvalue weighted by Gasteiger charge is 2.20. The minimum absolute atomic E-state index is 0.648. The van der Waals surface area contributed by atoms with Gasteiger partial charge in [0, 0.05) is 38.5 Å². The molecule has 0 aliphatic rings. The molecule has 210 valence electrons. The molecule has 2 aromatic heterocycles. The zero-order valence-electron chi connectivity index (χ0n) is 24.3. The normalized spacial score (nSPS) is 11.6. The lowest BCUT2D eigenvalue weighted by atomic mass is 10.00. The van der Waals surface area contributed by atoms with Crippen LogP contribution in [0.1, 0.15) is 0 Å². The lowest BCUT2D eigenvalue weighted by Gasteiger charge is -2.14. The third-order valence-electron chi connectivity index (χ3n) is 8.63. The van der Waals surface area contributed by atoms with E-state index in [1.807, 2.05) is 18.2 Å². The minimum atomic E-state index is 0.648. The number of para-hydroxylation sites is 2. The molecule has 0 radical (unpaired) electrons. The number of benzene rings is 7. The van der Waals surface area contributed by atoms with Crippen LogP contribution >= 0.6 is 0 Å². The number of rotatable bonds is 4. The van der Waals surface area contributed by atoms with Crippen LogP contribution in [0.3, 0.4) is 0 Å². The quantitative estimate of drug-likeness (QED) is 0.210. The second-order valence-electron chi connectivity index (χ2n) is 11.3. The van der Waals surface area contributed by atoms with E-state index in [0.717, 1.165) is 55.0 Å². The summed E-state index contributed by atoms with van der Waals surface area (Å²) in [7, 11) is 0. The molecule has 7 aromatic carbocycles. The maximum atomic E-state index is 5.23. The Morgan fingerprint density at radius 1 is 0.378 bits per heavy atom. The molecule has 0 saturated heterocycles. The summed E-state index contributed by atoms with van der Waals surface area (Å²) in [5.41, 5.74) is 6.33. The highest BCUT2D eigenvalue weighted by Crippen LogP contribution is 2.40. The van der Waals surface area contributed by atoms with Crippen LogP contribution in [0.25, 0.3) is 83.2 Å². The highest BCUT2D eigenvalue weighted by atomic mass is 15.0. The van der Waals surface area contributed by atoms with Crippen molar-refractivity contribution in [3.63, 3.8) is 0 Å². The zero-order chi connectivity index (χ0) is 29.7. The molecule has 45 heavy (non-hydrogen) atoms. The maximum absolute atomic E-state index is 5.23. The van der Waals surface area contributed by atoms with Gasteiger partial charge >= 0.3 is 0 Å². The summed E-state index contributed by atoms with van der Waals surface area (Å²) in [6.07, 6.45) is 0. The molecule has 0 aliphatic carbocycles. The van der Waals surface area contributed by atoms with E-state index in [1.165, 1.54) is 10.8 Å². The zero-order valence-corrected chi connectivity index (χ0v) is 24.3. The van der Waals surface area contributed by atoms with Gasteiger partial charge in [0.25, 0.3) is 0 Å². The van der Waals surface area contributed by atoms with Crippen LogP contribution in [-0.4, -0.2) is 19.5 Å². The summed E-state index contributed by atoms with van der Waals surface area (Å²) in [6.45, 7) is 0. The van der Waals surface area contributed by atoms with Crippen LogP contribution in [0.4, 0.5) is 0 Å². The van der Waals surface area contributed by atoms with Crippen molar-refractivity contribution in [2.75, 3.05) is 0 Å². The van der Waals surface area contributed by atoms with Crippen molar-refractivity contribution in [1.29, 1.82) is 0 Å². The van der Waals surface area contributed by atoms with Crippen molar-refractivity contribution >= 4 is 43.4 Å². The number of fused-ring (bicyclic) bond motifs is 6. The molecule has 0 fully saturated rings. The largest absolute Gasteiger partial charge is 0.309 e. The molecule has 0 atom stereocenters. The molecule has 0 N–H and O–H groups in total. The van der Waals surface area contributed by atoms with Crippen molar-refractivity contribution in [2.24, 2.45) is 0 Å². The maximum Gasteiger partial charge on any atom is 0.164 e. The Morgan fingerprint density at radius 2 is 0.978 bits per heavy atom. The van der Waals surface area contributed by atoms with E-state index in [9.17, 15) is 0 Å². The van der Waals surface area contributed by atoms with Crippen LogP contribution in [0.15, 0.2) is 158 Å². The molecular weight excluding hydrogens is 548 g/mol. The summed E-state index contributed by atoms with van der Waals surface area (Å²) in [6, 6.07) is 55.0. The average molecular weight is 575 g/mol. The molecule has 0 aliphatic heterocycles. The van der Waals surface area contributed by atoms with E-state index in [1.54, 1.807) is 0 Å². The third kappa shape index (κ3) is 4.11. The molecule has 4 heteroatoms. The second kappa shape index (κ2) is 10.2. The predicted molar refractivity (Wildman–Crippen MR) is 185 cm³/mol. The predicted octanol–water partition coefficient (Wildman–Crippen LogP) is 10.3. The van der Waals surface area contributed by atoms with E-state index in [0.29, 0.717) is 17.5 Å². The summed E-state index contributed by atoms with van der Waals surface area (Å²) in [5, 5.41) is 6.92. The van der Waals surface area contributed by atoms with Gasteiger partial charge in [-0.2, -0.15) is 0 Å². The van der Waals surface area contributed by atoms with Crippen molar-refractivity contribution in [1.82, 2.24) is 19.5 Å². The van der Waals surface area contributed by atoms with Gasteiger partial charge in [0.2, 0.25) is 0 Å². The molecule has 9 rings (SSSR count). The van der Waals surface area contributed by atoms with Crippen LogP contribution in [0.5, 0.6) is 0 Å². The van der Waals surface area contributed by atoms with Gasteiger partial charge in [0.1, 0.15) is 0 Å². The van der Waals surface area contributed by atoms with Gasteiger partial charge in [-0.3, -0.25) is 0 Å². The Kier molecular flexibility index (Phi) is 5.78. The van der Waals surface area contributed by atoms with Crippen LogP contribution in [-0.2, 0) is 0 Å². The van der Waals surface area contributed by atoms with Gasteiger partial charge in [0.15, 0.2) is 17.5 Å². The molecule has 4 nitrogen and oxygen atoms in total. The standard InChI is InChI=1S/C41H26N4/c1-3-14-29(15-4-1)39-42-40(34-22-11-16-27-13-7-8-20-31(27)34)44-41(43-39)35-23-12-17-28-25-26-33-32-21-9-10-24-36(32)45(38(33)37(28)35)30-18-5-2-6-19-30/h1-26H. The van der Waals surface area contributed by atoms with Crippen molar-refractivity contribution < 1.29 is 0 Å². The lowest BCUT2D eigenvalue weighted by Crippen LogP contribution is -2.01. The van der Waals surface area contributed by atoms with Gasteiger partial charge in [-0.05, 0) is 34.4 Å². The Hall–Kier alpha value is -6.13. The number of nitrogens with zero attached hydrogens (tertiary/aromatic N) is 4. The van der Waals surface area contributed by atoms with Gasteiger partial charge in [-0.1, -0.05) is 140 Å². The topological polar surface area (TPSA) is 43.6 Å². The molecule has 0 bridgehead atoms. The smallest absolute Gasteiger partial charge is 0.164 e. The second-order valence-corrected chi connectivity index (χ2v) is 11.3. The van der Waals surface area contributed by atoms with E-state index in [2.05, 4.69) is 144 Å². The summed E-state index contributed by atoms with van der Waals surface area (Å²) >= 11 is 0. The fourth-order valence-electron chi connectivity index (χ4n) is 6.61. The molecule has 9 aromatic rings. The van der Waals surface area contributed by atoms with Gasteiger partial charge in [-0.25, -0.2) is 15.0 Å². The van der Waals surface area contributed by atoms with Gasteiger partial charge < -0.3 is 4.57 Å². The highest BCUT2D eigenvalue weighted by molar-refractivity contribution is 6.21. The van der Waals surface area contributed by atoms with E-state index < -0.39 is 0 Å². The minimum Gasteiger partial charge on any atom is -0.309 e. The van der Waals surface area contributed by atoms with Crippen molar-refractivity contribution in [3.8, 4) is 39.9 Å². The molecule has 0 amide bonds. The Labute approximate surface area is 259 Å². The van der Waals surface area contributed by atoms with Gasteiger partial charge in [-0.15, -0.1) is 0 Å². The molecule has 0 saturated carbocycles. The van der Waals surface area contributed by atoms with Crippen LogP contribution < -0.4 is 0 Å². The number of hydrogen-bond acceptors (Lipinski definition) is 3. The first kappa shape index (κ1) is 25.4. The Morgan fingerprint density at radius 3 is 1.80 bits per heavy atom. The first-order valence-electron chi connectivity index (χ1n) is 15.1.